The molecule has 2 saturated carbocycles. The maximum Gasteiger partial charge on any atom is 0.0502 e. The average molecular weight is 763 g/mol. The molecule has 3 aliphatic rings. The van der Waals surface area contributed by atoms with Crippen molar-refractivity contribution in [2.24, 2.45) is 4.99 Å². The molecule has 0 N–H and O–H groups in total. The van der Waals surface area contributed by atoms with Crippen LogP contribution in [0.4, 0.5) is 0 Å². The third-order valence-electron chi connectivity index (χ3n) is 9.64. The standard InChI is InChI=1S/C22H17N2.C17H29N2.Ir/c1-13-7-8-14-11-24-21-16-6-4-5-15-10-23-12-18(19(15)16)22(2,3)20(21)17(14)9-13;1-14(18-16-9-5-3-6-10-16)13-15(2)19-17-11-7-4-8-12-17;/h4-5,7-12H,1-3H3;13,16-17H,3-12H2,1-2H3;/q2*-1;/b;14-13-,19-15?;. The van der Waals surface area contributed by atoms with Crippen LogP contribution in [0.5, 0.6) is 0 Å². The van der Waals surface area contributed by atoms with Crippen molar-refractivity contribution < 1.29 is 20.1 Å². The molecule has 4 aromatic rings. The van der Waals surface area contributed by atoms with E-state index in [1.165, 1.54) is 108 Å². The maximum atomic E-state index is 4.85. The second kappa shape index (κ2) is 14.0. The minimum atomic E-state index is -0.148. The summed E-state index contributed by atoms with van der Waals surface area (Å²) in [6.45, 7) is 11.0. The molecule has 0 spiro atoms. The third kappa shape index (κ3) is 6.85. The van der Waals surface area contributed by atoms with Gasteiger partial charge in [-0.15, -0.1) is 29.8 Å². The zero-order chi connectivity index (χ0) is 30.0. The molecule has 2 fully saturated rings. The van der Waals surface area contributed by atoms with E-state index in [2.05, 4.69) is 76.0 Å². The molecule has 2 aromatic carbocycles. The summed E-state index contributed by atoms with van der Waals surface area (Å²) in [5.41, 5.74) is 8.16. The molecule has 44 heavy (non-hydrogen) atoms. The van der Waals surface area contributed by atoms with Gasteiger partial charge < -0.3 is 10.3 Å². The first kappa shape index (κ1) is 32.5. The Hall–Kier alpha value is -2.88. The number of benzene rings is 2. The van der Waals surface area contributed by atoms with E-state index in [1.54, 1.807) is 0 Å². The number of fused-ring (bicyclic) bond motifs is 4. The number of aliphatic imine (C=N–C) groups is 1. The van der Waals surface area contributed by atoms with Gasteiger partial charge in [0, 0.05) is 49.8 Å². The Morgan fingerprint density at radius 3 is 2.41 bits per heavy atom. The van der Waals surface area contributed by atoms with E-state index in [-0.39, 0.29) is 25.5 Å². The van der Waals surface area contributed by atoms with Crippen LogP contribution in [-0.4, -0.2) is 27.8 Å². The Kier molecular flexibility index (Phi) is 10.4. The monoisotopic (exact) mass is 763 g/mol. The largest absolute Gasteiger partial charge is 0.685 e. The number of pyridine rings is 2. The van der Waals surface area contributed by atoms with E-state index < -0.39 is 0 Å². The Balaban J connectivity index is 0.000000176. The Bertz CT molecular complexity index is 1670. The molecule has 0 amide bonds. The average Bonchev–Trinajstić information content (AvgIpc) is 3.00. The van der Waals surface area contributed by atoms with Gasteiger partial charge >= 0.3 is 0 Å². The first-order chi connectivity index (χ1) is 20.8. The number of rotatable bonds is 4. The number of nitrogens with zero attached hydrogens (tertiary/aromatic N) is 4. The minimum Gasteiger partial charge on any atom is -0.685 e. The van der Waals surface area contributed by atoms with E-state index in [0.29, 0.717) is 12.1 Å². The first-order valence-electron chi connectivity index (χ1n) is 16.4. The maximum absolute atomic E-state index is 4.85. The molecule has 0 bridgehead atoms. The van der Waals surface area contributed by atoms with E-state index in [4.69, 9.17) is 15.3 Å². The van der Waals surface area contributed by atoms with Crippen molar-refractivity contribution in [2.45, 2.75) is 116 Å². The van der Waals surface area contributed by atoms with Crippen LogP contribution in [-0.2, 0) is 25.5 Å². The summed E-state index contributed by atoms with van der Waals surface area (Å²) in [6.07, 6.45) is 21.5. The topological polar surface area (TPSA) is 52.2 Å². The normalized spacial score (nSPS) is 18.7. The van der Waals surface area contributed by atoms with Crippen molar-refractivity contribution in [1.29, 1.82) is 0 Å². The molecule has 0 saturated heterocycles. The van der Waals surface area contributed by atoms with Crippen LogP contribution in [0.2, 0.25) is 0 Å². The molecular formula is C39H46IrN4-2. The molecule has 2 aromatic heterocycles. The molecule has 233 valence electrons. The molecular weight excluding hydrogens is 717 g/mol. The molecule has 3 aliphatic carbocycles. The van der Waals surface area contributed by atoms with Crippen LogP contribution < -0.4 is 0 Å². The zero-order valence-electron chi connectivity index (χ0n) is 27.0. The Morgan fingerprint density at radius 2 is 1.66 bits per heavy atom. The zero-order valence-corrected chi connectivity index (χ0v) is 29.4. The second-order valence-electron chi connectivity index (χ2n) is 13.5. The van der Waals surface area contributed by atoms with Gasteiger partial charge in [-0.2, -0.15) is 5.70 Å². The van der Waals surface area contributed by atoms with Gasteiger partial charge in [0.2, 0.25) is 0 Å². The van der Waals surface area contributed by atoms with E-state index in [0.717, 1.165) is 16.6 Å². The molecule has 1 radical (unpaired) electrons. The van der Waals surface area contributed by atoms with Gasteiger partial charge in [0.05, 0.1) is 6.04 Å². The molecule has 7 rings (SSSR count). The van der Waals surface area contributed by atoms with Crippen molar-refractivity contribution in [3.63, 3.8) is 0 Å². The summed E-state index contributed by atoms with van der Waals surface area (Å²) in [5.74, 6) is 0. The smallest absolute Gasteiger partial charge is 0.0502 e. The summed E-state index contributed by atoms with van der Waals surface area (Å²) in [5, 5.41) is 9.72. The van der Waals surface area contributed by atoms with Crippen molar-refractivity contribution >= 4 is 27.3 Å². The third-order valence-corrected chi connectivity index (χ3v) is 9.64. The fraction of sp³-hybridized carbons (Fsp3) is 0.462. The van der Waals surface area contributed by atoms with Crippen LogP contribution in [0.25, 0.3) is 38.1 Å². The van der Waals surface area contributed by atoms with E-state index in [1.807, 2.05) is 24.7 Å². The molecule has 0 atom stereocenters. The molecule has 0 unspecified atom stereocenters. The van der Waals surface area contributed by atoms with Crippen LogP contribution in [0, 0.1) is 13.0 Å². The molecule has 0 aliphatic heterocycles. The van der Waals surface area contributed by atoms with E-state index >= 15 is 0 Å². The van der Waals surface area contributed by atoms with Crippen LogP contribution in [0.3, 0.4) is 0 Å². The molecule has 5 heteroatoms. The van der Waals surface area contributed by atoms with Gasteiger partial charge in [0.1, 0.15) is 0 Å². The van der Waals surface area contributed by atoms with Gasteiger partial charge in [-0.1, -0.05) is 118 Å². The second-order valence-corrected chi connectivity index (χ2v) is 13.5. The van der Waals surface area contributed by atoms with Gasteiger partial charge in [0.25, 0.3) is 0 Å². The predicted octanol–water partition coefficient (Wildman–Crippen LogP) is 10.6. The Labute approximate surface area is 277 Å². The number of aromatic nitrogens is 2. The van der Waals surface area contributed by atoms with E-state index in [9.17, 15) is 0 Å². The van der Waals surface area contributed by atoms with Crippen LogP contribution in [0.15, 0.2) is 65.7 Å². The van der Waals surface area contributed by atoms with Crippen molar-refractivity contribution in [3.8, 4) is 11.3 Å². The summed E-state index contributed by atoms with van der Waals surface area (Å²) in [6, 6.07) is 15.2. The van der Waals surface area contributed by atoms with Gasteiger partial charge in [-0.05, 0) is 48.7 Å². The first-order valence-corrected chi connectivity index (χ1v) is 16.4. The number of hydrogen-bond donors (Lipinski definition) is 0. The SMILES string of the molecule is CC(/C=C(/C)[N-]C1CCCCC1)=NC1CCCCC1.Cc1ccc2cnc3c(c2c1)C(C)(C)c1cncc2cc[c-]c-3c12.[Ir]. The summed E-state index contributed by atoms with van der Waals surface area (Å²) in [7, 11) is 0. The van der Waals surface area contributed by atoms with Crippen molar-refractivity contribution in [2.75, 3.05) is 0 Å². The number of aryl methyl sites for hydroxylation is 1. The summed E-state index contributed by atoms with van der Waals surface area (Å²) < 4.78 is 0. The van der Waals surface area contributed by atoms with Crippen molar-refractivity contribution in [3.05, 3.63) is 88.8 Å². The van der Waals surface area contributed by atoms with Gasteiger partial charge in [0.15, 0.2) is 0 Å². The molecule has 2 heterocycles. The fourth-order valence-electron chi connectivity index (χ4n) is 7.49. The van der Waals surface area contributed by atoms with Crippen LogP contribution >= 0.6 is 0 Å². The quantitative estimate of drug-likeness (QED) is 0.154. The van der Waals surface area contributed by atoms with Crippen LogP contribution in [0.1, 0.15) is 109 Å². The summed E-state index contributed by atoms with van der Waals surface area (Å²) in [4.78, 5) is 14.2. The number of allylic oxidation sites excluding steroid dienone is 2. The Morgan fingerprint density at radius 1 is 0.932 bits per heavy atom. The predicted molar refractivity (Wildman–Crippen MR) is 182 cm³/mol. The molecule has 4 nitrogen and oxygen atoms in total. The summed E-state index contributed by atoms with van der Waals surface area (Å²) >= 11 is 0. The van der Waals surface area contributed by atoms with Gasteiger partial charge in [-0.25, -0.2) is 0 Å². The van der Waals surface area contributed by atoms with Crippen molar-refractivity contribution in [1.82, 2.24) is 9.97 Å². The number of hydrogen-bond acceptors (Lipinski definition) is 3. The minimum absolute atomic E-state index is 0. The fourth-order valence-corrected chi connectivity index (χ4v) is 7.49. The van der Waals surface area contributed by atoms with Gasteiger partial charge in [-0.3, -0.25) is 9.98 Å².